The second kappa shape index (κ2) is 7.44. The molecular formula is C10H16N6O3. The molecule has 0 aliphatic heterocycles. The van der Waals surface area contributed by atoms with Gasteiger partial charge >= 0.3 is 6.01 Å². The first-order valence-corrected chi connectivity index (χ1v) is 5.90. The number of nitrogens with one attached hydrogen (secondary N) is 2. The van der Waals surface area contributed by atoms with Gasteiger partial charge in [-0.1, -0.05) is 10.3 Å². The fourth-order valence-electron chi connectivity index (χ4n) is 1.35. The van der Waals surface area contributed by atoms with Crippen molar-refractivity contribution in [1.82, 2.24) is 25.7 Å². The Morgan fingerprint density at radius 2 is 2.21 bits per heavy atom. The minimum atomic E-state index is 0.378. The Kier molecular flexibility index (Phi) is 5.26. The van der Waals surface area contributed by atoms with Crippen LogP contribution >= 0.6 is 0 Å². The maximum Gasteiger partial charge on any atom is 0.315 e. The lowest BCUT2D eigenvalue weighted by atomic mass is 10.4. The van der Waals surface area contributed by atoms with Gasteiger partial charge in [0, 0.05) is 26.6 Å². The van der Waals surface area contributed by atoms with E-state index in [-0.39, 0.29) is 0 Å². The molecule has 2 heterocycles. The van der Waals surface area contributed by atoms with Gasteiger partial charge in [0.05, 0.1) is 13.2 Å². The fourth-order valence-corrected chi connectivity index (χ4v) is 1.35. The van der Waals surface area contributed by atoms with Gasteiger partial charge in [-0.3, -0.25) is 0 Å². The molecule has 104 valence electrons. The predicted octanol–water partition coefficient (Wildman–Crippen LogP) is -0.157. The molecule has 0 spiro atoms. The number of anilines is 1. The second-order valence-electron chi connectivity index (χ2n) is 3.68. The fraction of sp³-hybridized carbons (Fsp3) is 0.600. The van der Waals surface area contributed by atoms with E-state index in [2.05, 4.69) is 31.0 Å². The van der Waals surface area contributed by atoms with Crippen molar-refractivity contribution in [2.45, 2.75) is 13.0 Å². The summed E-state index contributed by atoms with van der Waals surface area (Å²) in [5.74, 6) is 1.09. The van der Waals surface area contributed by atoms with Crippen LogP contribution in [0, 0.1) is 0 Å². The molecule has 0 bridgehead atoms. The number of hydrogen-bond donors (Lipinski definition) is 2. The van der Waals surface area contributed by atoms with Crippen LogP contribution in [0.1, 0.15) is 11.8 Å². The van der Waals surface area contributed by atoms with Crippen LogP contribution in [0.4, 0.5) is 6.01 Å². The Morgan fingerprint density at radius 1 is 1.26 bits per heavy atom. The van der Waals surface area contributed by atoms with E-state index < -0.39 is 0 Å². The van der Waals surface area contributed by atoms with E-state index >= 15 is 0 Å². The van der Waals surface area contributed by atoms with Crippen molar-refractivity contribution in [2.75, 3.05) is 32.1 Å². The highest BCUT2D eigenvalue weighted by molar-refractivity contribution is 5.16. The highest BCUT2D eigenvalue weighted by Gasteiger charge is 2.05. The molecule has 0 unspecified atom stereocenters. The molecule has 9 nitrogen and oxygen atoms in total. The molecule has 0 aliphatic carbocycles. The lowest BCUT2D eigenvalue weighted by molar-refractivity contribution is 0.198. The minimum Gasteiger partial charge on any atom is -0.407 e. The number of methoxy groups -OCH3 is 1. The summed E-state index contributed by atoms with van der Waals surface area (Å²) >= 11 is 0. The number of rotatable bonds is 9. The Bertz CT molecular complexity index is 458. The molecule has 2 rings (SSSR count). The van der Waals surface area contributed by atoms with Gasteiger partial charge in [0.25, 0.3) is 0 Å². The monoisotopic (exact) mass is 268 g/mol. The summed E-state index contributed by atoms with van der Waals surface area (Å²) in [4.78, 5) is 3.90. The Hall–Kier alpha value is -2.00. The van der Waals surface area contributed by atoms with Crippen LogP contribution < -0.4 is 10.6 Å². The number of ether oxygens (including phenoxy) is 1. The van der Waals surface area contributed by atoms with E-state index in [9.17, 15) is 0 Å². The van der Waals surface area contributed by atoms with E-state index in [1.54, 1.807) is 7.11 Å². The van der Waals surface area contributed by atoms with Gasteiger partial charge in [-0.25, -0.2) is 0 Å². The number of nitrogens with zero attached hydrogens (tertiary/aromatic N) is 4. The summed E-state index contributed by atoms with van der Waals surface area (Å²) in [6.07, 6.45) is 1.97. The van der Waals surface area contributed by atoms with Gasteiger partial charge in [-0.2, -0.15) is 4.98 Å². The Labute approximate surface area is 109 Å². The van der Waals surface area contributed by atoms with Gasteiger partial charge in [0.2, 0.25) is 11.8 Å². The smallest absolute Gasteiger partial charge is 0.315 e. The van der Waals surface area contributed by atoms with Crippen LogP contribution in [0.2, 0.25) is 0 Å². The highest BCUT2D eigenvalue weighted by atomic mass is 16.5. The Morgan fingerprint density at radius 3 is 3.00 bits per heavy atom. The van der Waals surface area contributed by atoms with Crippen molar-refractivity contribution in [3.8, 4) is 0 Å². The third kappa shape index (κ3) is 4.64. The van der Waals surface area contributed by atoms with E-state index in [0.29, 0.717) is 43.9 Å². The quantitative estimate of drug-likeness (QED) is 0.599. The van der Waals surface area contributed by atoms with Crippen LogP contribution in [-0.2, 0) is 17.7 Å². The molecule has 0 amide bonds. The molecular weight excluding hydrogens is 252 g/mol. The molecule has 0 saturated carbocycles. The standard InChI is InChI=1S/C10H16N6O3/c1-17-5-4-11-6-9-15-16-10(18-9)12-3-2-8-13-7-14-19-8/h7,11H,2-6H2,1H3,(H,12,16). The van der Waals surface area contributed by atoms with Crippen LogP contribution in [0.25, 0.3) is 0 Å². The van der Waals surface area contributed by atoms with E-state index in [1.807, 2.05) is 0 Å². The third-order valence-electron chi connectivity index (χ3n) is 2.25. The van der Waals surface area contributed by atoms with E-state index in [1.165, 1.54) is 6.33 Å². The molecule has 0 aromatic carbocycles. The lowest BCUT2D eigenvalue weighted by Crippen LogP contribution is -2.18. The maximum atomic E-state index is 5.38. The average Bonchev–Trinajstić information content (AvgIpc) is 3.07. The largest absolute Gasteiger partial charge is 0.407 e. The van der Waals surface area contributed by atoms with Crippen LogP contribution in [0.3, 0.4) is 0 Å². The first kappa shape index (κ1) is 13.4. The average molecular weight is 268 g/mol. The SMILES string of the molecule is COCCNCc1nnc(NCCc2ncno2)o1. The van der Waals surface area contributed by atoms with Crippen molar-refractivity contribution in [2.24, 2.45) is 0 Å². The van der Waals surface area contributed by atoms with Gasteiger partial charge < -0.3 is 24.3 Å². The summed E-state index contributed by atoms with van der Waals surface area (Å²) in [5.41, 5.74) is 0. The Balaban J connectivity index is 1.65. The summed E-state index contributed by atoms with van der Waals surface area (Å²) in [5, 5.41) is 17.4. The van der Waals surface area contributed by atoms with Crippen LogP contribution in [0.5, 0.6) is 0 Å². The first-order chi connectivity index (χ1) is 9.38. The summed E-state index contributed by atoms with van der Waals surface area (Å²) in [6, 6.07) is 0.378. The summed E-state index contributed by atoms with van der Waals surface area (Å²) < 4.78 is 15.2. The number of aromatic nitrogens is 4. The predicted molar refractivity (Wildman–Crippen MR) is 64.4 cm³/mol. The molecule has 9 heteroatoms. The topological polar surface area (TPSA) is 111 Å². The summed E-state index contributed by atoms with van der Waals surface area (Å²) in [7, 11) is 1.65. The van der Waals surface area contributed by atoms with Crippen molar-refractivity contribution in [1.29, 1.82) is 0 Å². The molecule has 2 N–H and O–H groups in total. The van der Waals surface area contributed by atoms with Crippen molar-refractivity contribution in [3.63, 3.8) is 0 Å². The minimum absolute atomic E-state index is 0.378. The third-order valence-corrected chi connectivity index (χ3v) is 2.25. The zero-order valence-corrected chi connectivity index (χ0v) is 10.6. The molecule has 0 atom stereocenters. The molecule has 0 radical (unpaired) electrons. The zero-order chi connectivity index (χ0) is 13.3. The normalized spacial score (nSPS) is 10.8. The number of hydrogen-bond acceptors (Lipinski definition) is 9. The van der Waals surface area contributed by atoms with Crippen molar-refractivity contribution < 1.29 is 13.7 Å². The molecule has 0 fully saturated rings. The van der Waals surface area contributed by atoms with Gasteiger partial charge in [0.1, 0.15) is 0 Å². The highest BCUT2D eigenvalue weighted by Crippen LogP contribution is 2.05. The van der Waals surface area contributed by atoms with E-state index in [4.69, 9.17) is 13.7 Å². The van der Waals surface area contributed by atoms with E-state index in [0.717, 1.165) is 6.54 Å². The van der Waals surface area contributed by atoms with Gasteiger partial charge in [-0.05, 0) is 0 Å². The molecule has 2 aromatic rings. The molecule has 19 heavy (non-hydrogen) atoms. The summed E-state index contributed by atoms with van der Waals surface area (Å²) in [6.45, 7) is 2.48. The molecule has 0 aliphatic rings. The lowest BCUT2D eigenvalue weighted by Gasteiger charge is -1.99. The van der Waals surface area contributed by atoms with Gasteiger partial charge in [0.15, 0.2) is 6.33 Å². The maximum absolute atomic E-state index is 5.38. The van der Waals surface area contributed by atoms with Crippen molar-refractivity contribution >= 4 is 6.01 Å². The molecule has 2 aromatic heterocycles. The van der Waals surface area contributed by atoms with Crippen LogP contribution in [0.15, 0.2) is 15.3 Å². The second-order valence-corrected chi connectivity index (χ2v) is 3.68. The van der Waals surface area contributed by atoms with Gasteiger partial charge in [-0.15, -0.1) is 5.10 Å². The molecule has 0 saturated heterocycles. The zero-order valence-electron chi connectivity index (χ0n) is 10.6. The van der Waals surface area contributed by atoms with Crippen molar-refractivity contribution in [3.05, 3.63) is 18.1 Å². The van der Waals surface area contributed by atoms with Crippen LogP contribution in [-0.4, -0.2) is 47.1 Å². The first-order valence-electron chi connectivity index (χ1n) is 5.90.